The van der Waals surface area contributed by atoms with Gasteiger partial charge in [0.05, 0.1) is 17.2 Å². The molecule has 1 saturated heterocycles. The first-order chi connectivity index (χ1) is 21.9. The number of aromatic nitrogens is 2. The summed E-state index contributed by atoms with van der Waals surface area (Å²) < 4.78 is 26.5. The summed E-state index contributed by atoms with van der Waals surface area (Å²) >= 11 is 1.45. The zero-order chi connectivity index (χ0) is 32.5. The number of likely N-dealkylation sites (tertiary alicyclic amines) is 1. The van der Waals surface area contributed by atoms with E-state index in [4.69, 9.17) is 4.98 Å². The molecule has 0 radical (unpaired) electrons. The number of nitrogens with one attached hydrogen (secondary N) is 2. The van der Waals surface area contributed by atoms with Gasteiger partial charge in [0.2, 0.25) is 10.0 Å². The van der Waals surface area contributed by atoms with Gasteiger partial charge in [-0.1, -0.05) is 39.0 Å². The second-order valence-electron chi connectivity index (χ2n) is 14.1. The minimum Gasteiger partial charge on any atom is -0.344 e. The summed E-state index contributed by atoms with van der Waals surface area (Å²) in [6, 6.07) is 15.4. The van der Waals surface area contributed by atoms with Crippen LogP contribution in [0.25, 0.3) is 10.2 Å². The van der Waals surface area contributed by atoms with E-state index in [0.717, 1.165) is 73.8 Å². The number of rotatable bonds is 9. The van der Waals surface area contributed by atoms with Crippen LogP contribution in [0, 0.1) is 11.3 Å². The van der Waals surface area contributed by atoms with E-state index in [1.165, 1.54) is 28.2 Å². The van der Waals surface area contributed by atoms with Crippen molar-refractivity contribution in [3.8, 4) is 0 Å². The molecule has 0 bridgehead atoms. The molecule has 3 aromatic heterocycles. The van der Waals surface area contributed by atoms with Gasteiger partial charge in [0.15, 0.2) is 0 Å². The standard InChI is InChI=1S/C36H45N5O3S2/c1-36(2,3)29-12-13-31-27(19-29)18-28-21-33(45-35(28)39-31)34(42)38-32(24-8-5-11-30(20-24)40-46(4,43)44)14-17-41-16-7-10-26(23-41)25-9-6-15-37-22-25/h5-6,8-9,11,15,18,20-22,26,29,32,40H,7,10,12-14,16-17,19,23H2,1-4H3,(H,38,42)/t26?,29-,32+/m0/s1. The molecule has 1 aromatic carbocycles. The average molecular weight is 660 g/mol. The number of hydrogen-bond donors (Lipinski definition) is 2. The lowest BCUT2D eigenvalue weighted by Crippen LogP contribution is -2.37. The van der Waals surface area contributed by atoms with Gasteiger partial charge in [-0.05, 0) is 109 Å². The molecule has 2 aliphatic rings. The maximum atomic E-state index is 13.8. The van der Waals surface area contributed by atoms with Gasteiger partial charge in [-0.3, -0.25) is 14.5 Å². The van der Waals surface area contributed by atoms with Gasteiger partial charge in [0.1, 0.15) is 4.83 Å². The SMILES string of the molecule is CC(C)(C)[C@H]1CCc2nc3sc(C(=O)N[C@H](CCN4CCCC(c5cccnc5)C4)c4cccc(NS(C)(=O)=O)c4)cc3cc2C1. The lowest BCUT2D eigenvalue weighted by Gasteiger charge is -2.34. The van der Waals surface area contributed by atoms with Crippen LogP contribution in [-0.2, 0) is 22.9 Å². The van der Waals surface area contributed by atoms with E-state index in [1.54, 1.807) is 6.07 Å². The third kappa shape index (κ3) is 7.96. The molecule has 1 aliphatic heterocycles. The molecule has 0 spiro atoms. The Hall–Kier alpha value is -3.34. The summed E-state index contributed by atoms with van der Waals surface area (Å²) in [5, 5.41) is 4.33. The van der Waals surface area contributed by atoms with Crippen molar-refractivity contribution in [3.63, 3.8) is 0 Å². The van der Waals surface area contributed by atoms with E-state index >= 15 is 0 Å². The number of fused-ring (bicyclic) bond motifs is 2. The largest absolute Gasteiger partial charge is 0.344 e. The Bertz CT molecular complexity index is 1800. The fourth-order valence-electron chi connectivity index (χ4n) is 7.02. The molecule has 3 atom stereocenters. The van der Waals surface area contributed by atoms with Crippen LogP contribution >= 0.6 is 11.3 Å². The molecule has 4 heterocycles. The fourth-order valence-corrected chi connectivity index (χ4v) is 8.51. The molecule has 8 nitrogen and oxygen atoms in total. The lowest BCUT2D eigenvalue weighted by molar-refractivity contribution is 0.0933. The van der Waals surface area contributed by atoms with Crippen LogP contribution in [0.4, 0.5) is 5.69 Å². The van der Waals surface area contributed by atoms with E-state index in [1.807, 2.05) is 42.7 Å². The number of thiophene rings is 1. The highest BCUT2D eigenvalue weighted by molar-refractivity contribution is 7.92. The summed E-state index contributed by atoms with van der Waals surface area (Å²) in [5.41, 5.74) is 5.35. The molecule has 0 saturated carbocycles. The van der Waals surface area contributed by atoms with Crippen LogP contribution < -0.4 is 10.0 Å². The Morgan fingerprint density at radius 1 is 1.13 bits per heavy atom. The molecule has 244 valence electrons. The molecular formula is C36H45N5O3S2. The van der Waals surface area contributed by atoms with Crippen molar-refractivity contribution in [2.75, 3.05) is 30.6 Å². The van der Waals surface area contributed by atoms with Crippen LogP contribution in [0.3, 0.4) is 0 Å². The van der Waals surface area contributed by atoms with Crippen molar-refractivity contribution in [2.45, 2.75) is 71.3 Å². The molecule has 1 amide bonds. The second kappa shape index (κ2) is 13.4. The topological polar surface area (TPSA) is 104 Å². The Morgan fingerprint density at radius 3 is 2.74 bits per heavy atom. The zero-order valence-electron chi connectivity index (χ0n) is 27.3. The first-order valence-electron chi connectivity index (χ1n) is 16.3. The maximum Gasteiger partial charge on any atom is 0.261 e. The lowest BCUT2D eigenvalue weighted by atomic mass is 9.71. The van der Waals surface area contributed by atoms with Gasteiger partial charge < -0.3 is 10.2 Å². The van der Waals surface area contributed by atoms with Crippen molar-refractivity contribution < 1.29 is 13.2 Å². The number of sulfonamides is 1. The molecule has 1 unspecified atom stereocenters. The highest BCUT2D eigenvalue weighted by Crippen LogP contribution is 2.38. The van der Waals surface area contributed by atoms with Crippen LogP contribution in [0.1, 0.15) is 90.5 Å². The number of piperidine rings is 1. The number of carbonyl (C=O) groups is 1. The quantitative estimate of drug-likeness (QED) is 0.202. The first-order valence-corrected chi connectivity index (χ1v) is 19.1. The van der Waals surface area contributed by atoms with Crippen LogP contribution in [-0.4, -0.2) is 55.1 Å². The molecule has 4 aromatic rings. The van der Waals surface area contributed by atoms with E-state index in [2.05, 4.69) is 52.8 Å². The van der Waals surface area contributed by atoms with Crippen molar-refractivity contribution in [2.24, 2.45) is 11.3 Å². The number of carbonyl (C=O) groups excluding carboxylic acids is 1. The Balaban J connectivity index is 1.21. The molecule has 1 aliphatic carbocycles. The third-order valence-electron chi connectivity index (χ3n) is 9.61. The van der Waals surface area contributed by atoms with Gasteiger partial charge in [0, 0.05) is 42.3 Å². The summed E-state index contributed by atoms with van der Waals surface area (Å²) in [5.74, 6) is 0.925. The molecule has 2 N–H and O–H groups in total. The summed E-state index contributed by atoms with van der Waals surface area (Å²) in [7, 11) is -3.44. The van der Waals surface area contributed by atoms with Crippen LogP contribution in [0.15, 0.2) is 60.9 Å². The average Bonchev–Trinajstić information content (AvgIpc) is 3.44. The van der Waals surface area contributed by atoms with Crippen molar-refractivity contribution in [1.82, 2.24) is 20.2 Å². The molecule has 6 rings (SSSR count). The van der Waals surface area contributed by atoms with Gasteiger partial charge in [0.25, 0.3) is 5.91 Å². The van der Waals surface area contributed by atoms with Crippen molar-refractivity contribution in [3.05, 3.63) is 88.2 Å². The van der Waals surface area contributed by atoms with E-state index in [0.29, 0.717) is 28.8 Å². The highest BCUT2D eigenvalue weighted by Gasteiger charge is 2.30. The highest BCUT2D eigenvalue weighted by atomic mass is 32.2. The number of aryl methyl sites for hydroxylation is 1. The number of nitrogens with zero attached hydrogens (tertiary/aromatic N) is 3. The smallest absolute Gasteiger partial charge is 0.261 e. The molecule has 46 heavy (non-hydrogen) atoms. The number of benzene rings is 1. The Labute approximate surface area is 277 Å². The Kier molecular flexibility index (Phi) is 9.50. The number of pyridine rings is 2. The van der Waals surface area contributed by atoms with Crippen molar-refractivity contribution in [1.29, 1.82) is 0 Å². The van der Waals surface area contributed by atoms with Gasteiger partial charge in [-0.25, -0.2) is 13.4 Å². The summed E-state index contributed by atoms with van der Waals surface area (Å²) in [4.78, 5) is 27.2. The normalized spacial score (nSPS) is 19.8. The zero-order valence-corrected chi connectivity index (χ0v) is 28.9. The molecule has 10 heteroatoms. The molecule has 1 fully saturated rings. The predicted molar refractivity (Wildman–Crippen MR) is 187 cm³/mol. The minimum atomic E-state index is -3.44. The fraction of sp³-hybridized carbons (Fsp3) is 0.472. The second-order valence-corrected chi connectivity index (χ2v) is 16.9. The van der Waals surface area contributed by atoms with Crippen LogP contribution in [0.5, 0.6) is 0 Å². The van der Waals surface area contributed by atoms with Gasteiger partial charge in [-0.15, -0.1) is 11.3 Å². The number of hydrogen-bond acceptors (Lipinski definition) is 7. The summed E-state index contributed by atoms with van der Waals surface area (Å²) in [6.07, 6.45) is 11.0. The number of amides is 1. The van der Waals surface area contributed by atoms with Crippen molar-refractivity contribution >= 4 is 43.2 Å². The van der Waals surface area contributed by atoms with Gasteiger partial charge >= 0.3 is 0 Å². The summed E-state index contributed by atoms with van der Waals surface area (Å²) in [6.45, 7) is 9.71. The number of anilines is 1. The van der Waals surface area contributed by atoms with E-state index < -0.39 is 10.0 Å². The van der Waals surface area contributed by atoms with Gasteiger partial charge in [-0.2, -0.15) is 0 Å². The Morgan fingerprint density at radius 2 is 1.98 bits per heavy atom. The minimum absolute atomic E-state index is 0.133. The van der Waals surface area contributed by atoms with E-state index in [9.17, 15) is 13.2 Å². The molecular weight excluding hydrogens is 615 g/mol. The van der Waals surface area contributed by atoms with Crippen LogP contribution in [0.2, 0.25) is 0 Å². The van der Waals surface area contributed by atoms with E-state index in [-0.39, 0.29) is 17.4 Å². The third-order valence-corrected chi connectivity index (χ3v) is 11.3. The monoisotopic (exact) mass is 659 g/mol. The maximum absolute atomic E-state index is 13.8. The first kappa shape index (κ1) is 32.6. The predicted octanol–water partition coefficient (Wildman–Crippen LogP) is 6.95.